The second-order valence-electron chi connectivity index (χ2n) is 3.06. The van der Waals surface area contributed by atoms with Gasteiger partial charge in [0.1, 0.15) is 17.9 Å². The van der Waals surface area contributed by atoms with E-state index >= 15 is 0 Å². The largest absolute Gasteiger partial charge is 0.508 e. The van der Waals surface area contributed by atoms with Crippen LogP contribution in [0.5, 0.6) is 11.5 Å². The number of phenols is 1. The third kappa shape index (κ3) is 2.73. The van der Waals surface area contributed by atoms with Crippen molar-refractivity contribution in [3.63, 3.8) is 0 Å². The van der Waals surface area contributed by atoms with Crippen molar-refractivity contribution in [1.29, 1.82) is 0 Å². The Morgan fingerprint density at radius 2 is 2.00 bits per heavy atom. The number of Topliss-reactive ketones (excluding diaryl/α,β-unsaturated/α-hetero) is 1. The number of aromatic hydroxyl groups is 1. The zero-order valence-corrected chi connectivity index (χ0v) is 9.02. The van der Waals surface area contributed by atoms with Crippen LogP contribution in [0.1, 0.15) is 16.8 Å². The Morgan fingerprint density at radius 1 is 1.31 bits per heavy atom. The van der Waals surface area contributed by atoms with Crippen LogP contribution in [-0.2, 0) is 9.53 Å². The minimum absolute atomic E-state index is 0.00790. The number of methoxy groups -OCH3 is 2. The molecular formula is C11H12O5. The first-order valence-corrected chi connectivity index (χ1v) is 4.55. The Kier molecular flexibility index (Phi) is 3.88. The second kappa shape index (κ2) is 5.16. The smallest absolute Gasteiger partial charge is 0.313 e. The van der Waals surface area contributed by atoms with Gasteiger partial charge in [-0.25, -0.2) is 0 Å². The standard InChI is InChI=1S/C11H12O5/c1-15-10-5-7(12)3-4-8(10)9(13)6-11(14)16-2/h3-5,12H,6H2,1-2H3. The van der Waals surface area contributed by atoms with Gasteiger partial charge < -0.3 is 14.6 Å². The van der Waals surface area contributed by atoms with E-state index < -0.39 is 11.8 Å². The first-order valence-electron chi connectivity index (χ1n) is 4.55. The summed E-state index contributed by atoms with van der Waals surface area (Å²) in [6, 6.07) is 4.07. The molecule has 0 bridgehead atoms. The molecule has 86 valence electrons. The van der Waals surface area contributed by atoms with Gasteiger partial charge in [0.25, 0.3) is 0 Å². The molecule has 5 heteroatoms. The lowest BCUT2D eigenvalue weighted by atomic mass is 10.1. The van der Waals surface area contributed by atoms with Gasteiger partial charge in [-0.15, -0.1) is 0 Å². The number of carbonyl (C=O) groups excluding carboxylic acids is 2. The van der Waals surface area contributed by atoms with Crippen molar-refractivity contribution < 1.29 is 24.2 Å². The molecule has 0 fully saturated rings. The van der Waals surface area contributed by atoms with Crippen LogP contribution in [0.4, 0.5) is 0 Å². The lowest BCUT2D eigenvalue weighted by Gasteiger charge is -2.07. The van der Waals surface area contributed by atoms with Gasteiger partial charge in [0, 0.05) is 6.07 Å². The summed E-state index contributed by atoms with van der Waals surface area (Å²) in [5.74, 6) is -0.802. The minimum Gasteiger partial charge on any atom is -0.508 e. The second-order valence-corrected chi connectivity index (χ2v) is 3.06. The number of hydrogen-bond donors (Lipinski definition) is 1. The predicted molar refractivity (Wildman–Crippen MR) is 55.6 cm³/mol. The molecule has 1 aromatic carbocycles. The molecule has 0 saturated heterocycles. The Balaban J connectivity index is 2.94. The number of benzene rings is 1. The number of phenolic OH excluding ortho intramolecular Hbond substituents is 1. The van der Waals surface area contributed by atoms with Gasteiger partial charge in [0.05, 0.1) is 19.8 Å². The molecule has 0 aromatic heterocycles. The Labute approximate surface area is 92.6 Å². The van der Waals surface area contributed by atoms with Crippen molar-refractivity contribution >= 4 is 11.8 Å². The molecule has 5 nitrogen and oxygen atoms in total. The summed E-state index contributed by atoms with van der Waals surface area (Å²) in [7, 11) is 2.59. The van der Waals surface area contributed by atoms with E-state index in [0.29, 0.717) is 0 Å². The minimum atomic E-state index is -0.611. The van der Waals surface area contributed by atoms with E-state index in [1.807, 2.05) is 0 Å². The van der Waals surface area contributed by atoms with Crippen LogP contribution in [0.25, 0.3) is 0 Å². The maximum atomic E-state index is 11.6. The average Bonchev–Trinajstić information content (AvgIpc) is 2.28. The third-order valence-corrected chi connectivity index (χ3v) is 2.02. The van der Waals surface area contributed by atoms with Crippen LogP contribution in [0.2, 0.25) is 0 Å². The van der Waals surface area contributed by atoms with E-state index in [1.54, 1.807) is 0 Å². The van der Waals surface area contributed by atoms with Crippen LogP contribution < -0.4 is 4.74 Å². The highest BCUT2D eigenvalue weighted by molar-refractivity contribution is 6.07. The molecule has 1 rings (SSSR count). The topological polar surface area (TPSA) is 72.8 Å². The lowest BCUT2D eigenvalue weighted by molar-refractivity contribution is -0.139. The Hall–Kier alpha value is -2.04. The lowest BCUT2D eigenvalue weighted by Crippen LogP contribution is -2.10. The normalized spacial score (nSPS) is 9.62. The maximum absolute atomic E-state index is 11.6. The quantitative estimate of drug-likeness (QED) is 0.471. The molecule has 0 radical (unpaired) electrons. The number of rotatable bonds is 4. The fourth-order valence-electron chi connectivity index (χ4n) is 1.21. The SMILES string of the molecule is COC(=O)CC(=O)c1ccc(O)cc1OC. The van der Waals surface area contributed by atoms with E-state index in [2.05, 4.69) is 4.74 Å². The van der Waals surface area contributed by atoms with Crippen LogP contribution in [0, 0.1) is 0 Å². The molecule has 0 unspecified atom stereocenters. The summed E-state index contributed by atoms with van der Waals surface area (Å²) in [6.07, 6.45) is -0.350. The summed E-state index contributed by atoms with van der Waals surface area (Å²) < 4.78 is 9.32. The van der Waals surface area contributed by atoms with Gasteiger partial charge in [-0.05, 0) is 12.1 Å². The highest BCUT2D eigenvalue weighted by Gasteiger charge is 2.16. The molecule has 0 aliphatic rings. The zero-order valence-electron chi connectivity index (χ0n) is 9.02. The van der Waals surface area contributed by atoms with Crippen molar-refractivity contribution in [3.8, 4) is 11.5 Å². The summed E-state index contributed by atoms with van der Waals surface area (Å²) >= 11 is 0. The summed E-state index contributed by atoms with van der Waals surface area (Å²) in [5.41, 5.74) is 0.241. The summed E-state index contributed by atoms with van der Waals surface area (Å²) in [4.78, 5) is 22.6. The number of ketones is 1. The average molecular weight is 224 g/mol. The van der Waals surface area contributed by atoms with E-state index in [4.69, 9.17) is 4.74 Å². The van der Waals surface area contributed by atoms with Gasteiger partial charge in [0.2, 0.25) is 0 Å². The Morgan fingerprint density at radius 3 is 2.56 bits per heavy atom. The molecule has 0 aliphatic heterocycles. The highest BCUT2D eigenvalue weighted by atomic mass is 16.5. The number of ether oxygens (including phenoxy) is 2. The van der Waals surface area contributed by atoms with Gasteiger partial charge in [-0.2, -0.15) is 0 Å². The summed E-state index contributed by atoms with van der Waals surface area (Å²) in [6.45, 7) is 0. The molecule has 0 aliphatic carbocycles. The van der Waals surface area contributed by atoms with Gasteiger partial charge in [-0.1, -0.05) is 0 Å². The van der Waals surface area contributed by atoms with Crippen molar-refractivity contribution in [1.82, 2.24) is 0 Å². The van der Waals surface area contributed by atoms with E-state index in [9.17, 15) is 14.7 Å². The predicted octanol–water partition coefficient (Wildman–Crippen LogP) is 1.15. The van der Waals surface area contributed by atoms with Gasteiger partial charge in [0.15, 0.2) is 5.78 Å². The molecule has 0 saturated carbocycles. The van der Waals surface area contributed by atoms with E-state index in [0.717, 1.165) is 0 Å². The molecule has 0 heterocycles. The molecular weight excluding hydrogens is 212 g/mol. The number of hydrogen-bond acceptors (Lipinski definition) is 5. The third-order valence-electron chi connectivity index (χ3n) is 2.02. The van der Waals surface area contributed by atoms with E-state index in [-0.39, 0.29) is 23.5 Å². The molecule has 0 amide bonds. The Bertz CT molecular complexity index is 411. The van der Waals surface area contributed by atoms with Crippen molar-refractivity contribution in [3.05, 3.63) is 23.8 Å². The number of esters is 1. The first kappa shape index (κ1) is 12.0. The monoisotopic (exact) mass is 224 g/mol. The molecule has 0 spiro atoms. The maximum Gasteiger partial charge on any atom is 0.313 e. The van der Waals surface area contributed by atoms with Crippen molar-refractivity contribution in [2.24, 2.45) is 0 Å². The molecule has 1 N–H and O–H groups in total. The molecule has 1 aromatic rings. The summed E-state index contributed by atoms with van der Waals surface area (Å²) in [5, 5.41) is 9.20. The first-order chi connectivity index (χ1) is 7.58. The van der Waals surface area contributed by atoms with Crippen LogP contribution >= 0.6 is 0 Å². The fourth-order valence-corrected chi connectivity index (χ4v) is 1.21. The van der Waals surface area contributed by atoms with Gasteiger partial charge in [-0.3, -0.25) is 9.59 Å². The van der Waals surface area contributed by atoms with Gasteiger partial charge >= 0.3 is 5.97 Å². The molecule has 16 heavy (non-hydrogen) atoms. The van der Waals surface area contributed by atoms with E-state index in [1.165, 1.54) is 32.4 Å². The van der Waals surface area contributed by atoms with Crippen LogP contribution in [0.3, 0.4) is 0 Å². The zero-order chi connectivity index (χ0) is 12.1. The van der Waals surface area contributed by atoms with Crippen LogP contribution in [0.15, 0.2) is 18.2 Å². The highest BCUT2D eigenvalue weighted by Crippen LogP contribution is 2.24. The number of carbonyl (C=O) groups is 2. The van der Waals surface area contributed by atoms with Crippen molar-refractivity contribution in [2.75, 3.05) is 14.2 Å². The van der Waals surface area contributed by atoms with Crippen molar-refractivity contribution in [2.45, 2.75) is 6.42 Å². The van der Waals surface area contributed by atoms with Crippen LogP contribution in [-0.4, -0.2) is 31.1 Å². The molecule has 0 atom stereocenters. The fraction of sp³-hybridized carbons (Fsp3) is 0.273.